The molecule has 0 amide bonds. The molecule has 0 aliphatic rings. The summed E-state index contributed by atoms with van der Waals surface area (Å²) >= 11 is 0. The fraction of sp³-hybridized carbons (Fsp3) is 0.0526. The van der Waals surface area contributed by atoms with Gasteiger partial charge in [0.05, 0.1) is 5.71 Å². The molecule has 25 heavy (non-hydrogen) atoms. The van der Waals surface area contributed by atoms with Gasteiger partial charge in [0.2, 0.25) is 0 Å². The Morgan fingerprint density at radius 2 is 1.68 bits per heavy atom. The monoisotopic (exact) mass is 328 g/mol. The molecule has 0 radical (unpaired) electrons. The fourth-order valence-electron chi connectivity index (χ4n) is 2.53. The molecule has 1 N–H and O–H groups in total. The van der Waals surface area contributed by atoms with Gasteiger partial charge in [0.15, 0.2) is 11.5 Å². The van der Waals surface area contributed by atoms with E-state index in [1.54, 1.807) is 10.8 Å². The lowest BCUT2D eigenvalue weighted by atomic mass is 10.0. The van der Waals surface area contributed by atoms with Gasteiger partial charge in [-0.2, -0.15) is 9.62 Å². The van der Waals surface area contributed by atoms with Crippen LogP contribution in [0.1, 0.15) is 12.5 Å². The molecule has 0 aliphatic heterocycles. The number of aromatic nitrogens is 4. The molecule has 0 spiro atoms. The summed E-state index contributed by atoms with van der Waals surface area (Å²) in [6, 6.07) is 22.3. The van der Waals surface area contributed by atoms with E-state index in [9.17, 15) is 0 Å². The first kappa shape index (κ1) is 15.0. The molecular weight excluding hydrogens is 312 g/mol. The van der Waals surface area contributed by atoms with Gasteiger partial charge < -0.3 is 0 Å². The normalized spacial score (nSPS) is 11.6. The van der Waals surface area contributed by atoms with Crippen molar-refractivity contribution in [3.63, 3.8) is 0 Å². The summed E-state index contributed by atoms with van der Waals surface area (Å²) in [5.41, 5.74) is 7.99. The highest BCUT2D eigenvalue weighted by Crippen LogP contribution is 2.19. The van der Waals surface area contributed by atoms with Crippen molar-refractivity contribution >= 4 is 17.2 Å². The quantitative estimate of drug-likeness (QED) is 0.459. The predicted octanol–water partition coefficient (Wildman–Crippen LogP) is 3.63. The molecule has 0 unspecified atom stereocenters. The van der Waals surface area contributed by atoms with Crippen molar-refractivity contribution in [1.82, 2.24) is 19.8 Å². The third-order valence-corrected chi connectivity index (χ3v) is 3.91. The second-order valence-corrected chi connectivity index (χ2v) is 5.60. The minimum atomic E-state index is 0.632. The maximum absolute atomic E-state index is 4.41. The Bertz CT molecular complexity index is 1020. The molecule has 6 heteroatoms. The number of hydrogen-bond donors (Lipinski definition) is 1. The van der Waals surface area contributed by atoms with Crippen molar-refractivity contribution in [3.8, 4) is 11.1 Å². The zero-order valence-corrected chi connectivity index (χ0v) is 13.7. The van der Waals surface area contributed by atoms with Crippen molar-refractivity contribution in [2.24, 2.45) is 5.10 Å². The summed E-state index contributed by atoms with van der Waals surface area (Å²) in [4.78, 5) is 0. The number of fused-ring (bicyclic) bond motifs is 1. The molecule has 0 aliphatic carbocycles. The molecule has 4 rings (SSSR count). The summed E-state index contributed by atoms with van der Waals surface area (Å²) in [6.45, 7) is 1.96. The van der Waals surface area contributed by atoms with Crippen molar-refractivity contribution in [3.05, 3.63) is 78.6 Å². The van der Waals surface area contributed by atoms with E-state index in [-0.39, 0.29) is 0 Å². The molecule has 2 heterocycles. The molecule has 0 saturated carbocycles. The van der Waals surface area contributed by atoms with Gasteiger partial charge in [-0.1, -0.05) is 54.6 Å². The molecule has 2 aromatic heterocycles. The Hall–Kier alpha value is -3.54. The highest BCUT2D eigenvalue weighted by Gasteiger charge is 2.02. The molecule has 0 saturated heterocycles. The Kier molecular flexibility index (Phi) is 3.92. The first-order valence-electron chi connectivity index (χ1n) is 7.93. The van der Waals surface area contributed by atoms with E-state index < -0.39 is 0 Å². The van der Waals surface area contributed by atoms with Crippen LogP contribution in [0.5, 0.6) is 0 Å². The first-order valence-corrected chi connectivity index (χ1v) is 7.93. The van der Waals surface area contributed by atoms with Gasteiger partial charge in [-0.05, 0) is 35.7 Å². The third-order valence-electron chi connectivity index (χ3n) is 3.91. The van der Waals surface area contributed by atoms with Crippen LogP contribution >= 0.6 is 0 Å². The average molecular weight is 328 g/mol. The lowest BCUT2D eigenvalue weighted by molar-refractivity contribution is 0.924. The smallest absolute Gasteiger partial charge is 0.177 e. The average Bonchev–Trinajstić information content (AvgIpc) is 3.15. The molecule has 0 fully saturated rings. The van der Waals surface area contributed by atoms with Crippen LogP contribution in [0.4, 0.5) is 5.82 Å². The summed E-state index contributed by atoms with van der Waals surface area (Å²) in [5, 5.41) is 16.5. The SMILES string of the molecule is C/C(=N/Nc1ccc2nncn2n1)c1ccc(-c2ccccc2)cc1. The van der Waals surface area contributed by atoms with Gasteiger partial charge in [0, 0.05) is 0 Å². The lowest BCUT2D eigenvalue weighted by Gasteiger charge is -2.05. The first-order chi connectivity index (χ1) is 12.3. The second-order valence-electron chi connectivity index (χ2n) is 5.60. The molecule has 122 valence electrons. The largest absolute Gasteiger partial charge is 0.260 e. The van der Waals surface area contributed by atoms with Crippen LogP contribution in [0.2, 0.25) is 0 Å². The van der Waals surface area contributed by atoms with Crippen LogP contribution < -0.4 is 5.43 Å². The maximum Gasteiger partial charge on any atom is 0.177 e. The molecular formula is C19H16N6. The number of nitrogens with zero attached hydrogens (tertiary/aromatic N) is 5. The predicted molar refractivity (Wildman–Crippen MR) is 98.5 cm³/mol. The number of nitrogens with one attached hydrogen (secondary N) is 1. The van der Waals surface area contributed by atoms with Crippen LogP contribution in [0.15, 0.2) is 78.2 Å². The number of rotatable bonds is 4. The third kappa shape index (κ3) is 3.23. The van der Waals surface area contributed by atoms with E-state index in [1.165, 1.54) is 11.1 Å². The van der Waals surface area contributed by atoms with Crippen molar-refractivity contribution < 1.29 is 0 Å². The minimum Gasteiger partial charge on any atom is -0.260 e. The second kappa shape index (κ2) is 6.52. The van der Waals surface area contributed by atoms with Gasteiger partial charge in [0.25, 0.3) is 0 Å². The van der Waals surface area contributed by atoms with Gasteiger partial charge >= 0.3 is 0 Å². The molecule has 4 aromatic rings. The Balaban J connectivity index is 1.51. The van der Waals surface area contributed by atoms with Crippen LogP contribution in [0, 0.1) is 0 Å². The summed E-state index contributed by atoms with van der Waals surface area (Å²) in [7, 11) is 0. The number of hydrogen-bond acceptors (Lipinski definition) is 5. The van der Waals surface area contributed by atoms with E-state index in [4.69, 9.17) is 0 Å². The summed E-state index contributed by atoms with van der Waals surface area (Å²) in [6.07, 6.45) is 1.55. The number of hydrazone groups is 1. The Morgan fingerprint density at radius 3 is 2.48 bits per heavy atom. The van der Waals surface area contributed by atoms with Crippen LogP contribution in [-0.4, -0.2) is 25.5 Å². The van der Waals surface area contributed by atoms with E-state index in [0.717, 1.165) is 11.3 Å². The van der Waals surface area contributed by atoms with Crippen LogP contribution in [-0.2, 0) is 0 Å². The van der Waals surface area contributed by atoms with E-state index >= 15 is 0 Å². The topological polar surface area (TPSA) is 67.5 Å². The zero-order chi connectivity index (χ0) is 17.1. The molecule has 2 aromatic carbocycles. The highest BCUT2D eigenvalue weighted by atomic mass is 15.4. The minimum absolute atomic E-state index is 0.632. The Morgan fingerprint density at radius 1 is 0.920 bits per heavy atom. The van der Waals surface area contributed by atoms with Gasteiger partial charge in [-0.25, -0.2) is 0 Å². The zero-order valence-electron chi connectivity index (χ0n) is 13.7. The Labute approximate surface area is 144 Å². The van der Waals surface area contributed by atoms with Crippen LogP contribution in [0.25, 0.3) is 16.8 Å². The van der Waals surface area contributed by atoms with Crippen molar-refractivity contribution in [1.29, 1.82) is 0 Å². The number of benzene rings is 2. The molecule has 0 atom stereocenters. The lowest BCUT2D eigenvalue weighted by Crippen LogP contribution is -2.02. The summed E-state index contributed by atoms with van der Waals surface area (Å²) < 4.78 is 1.60. The van der Waals surface area contributed by atoms with E-state index in [2.05, 4.69) is 62.2 Å². The maximum atomic E-state index is 4.41. The van der Waals surface area contributed by atoms with E-state index in [1.807, 2.05) is 37.3 Å². The summed E-state index contributed by atoms with van der Waals surface area (Å²) in [5.74, 6) is 0.632. The van der Waals surface area contributed by atoms with Gasteiger partial charge in [-0.15, -0.1) is 15.3 Å². The van der Waals surface area contributed by atoms with Crippen LogP contribution in [0.3, 0.4) is 0 Å². The van der Waals surface area contributed by atoms with Crippen molar-refractivity contribution in [2.75, 3.05) is 5.43 Å². The van der Waals surface area contributed by atoms with Gasteiger partial charge in [-0.3, -0.25) is 5.43 Å². The standard InChI is InChI=1S/C19H16N6/c1-14(21-22-18-11-12-19-23-20-13-25(19)24-18)15-7-9-17(10-8-15)16-5-3-2-4-6-16/h2-13H,1H3,(H,22,24)/b21-14-. The van der Waals surface area contributed by atoms with Crippen molar-refractivity contribution in [2.45, 2.75) is 6.92 Å². The molecule has 0 bridgehead atoms. The molecule has 6 nitrogen and oxygen atoms in total. The number of anilines is 1. The fourth-order valence-corrected chi connectivity index (χ4v) is 2.53. The van der Waals surface area contributed by atoms with E-state index in [0.29, 0.717) is 11.5 Å². The van der Waals surface area contributed by atoms with Gasteiger partial charge in [0.1, 0.15) is 6.33 Å². The highest BCUT2D eigenvalue weighted by molar-refractivity contribution is 5.99.